The number of imidazole rings is 1. The molecule has 0 aliphatic rings. The van der Waals surface area contributed by atoms with Gasteiger partial charge >= 0.3 is 0 Å². The quantitative estimate of drug-likeness (QED) is 0.547. The summed E-state index contributed by atoms with van der Waals surface area (Å²) in [6, 6.07) is 9.73. The van der Waals surface area contributed by atoms with E-state index < -0.39 is 12.1 Å². The summed E-state index contributed by atoms with van der Waals surface area (Å²) in [5.41, 5.74) is 0.827. The molecule has 0 aliphatic heterocycles. The van der Waals surface area contributed by atoms with Crippen LogP contribution in [0.4, 0.5) is 0 Å². The molecule has 2 unspecified atom stereocenters. The number of ether oxygens (including phenoxy) is 1. The van der Waals surface area contributed by atoms with E-state index in [1.54, 1.807) is 32.4 Å². The summed E-state index contributed by atoms with van der Waals surface area (Å²) in [6.07, 6.45) is 3.49. The maximum atomic E-state index is 12.9. The van der Waals surface area contributed by atoms with Crippen molar-refractivity contribution in [3.05, 3.63) is 68.8 Å². The fourth-order valence-electron chi connectivity index (χ4n) is 2.81. The number of thiophene rings is 1. The highest BCUT2D eigenvalue weighted by Crippen LogP contribution is 2.25. The van der Waals surface area contributed by atoms with E-state index in [9.17, 15) is 9.59 Å². The van der Waals surface area contributed by atoms with Gasteiger partial charge in [0, 0.05) is 19.4 Å². The summed E-state index contributed by atoms with van der Waals surface area (Å²) in [5, 5.41) is 5.73. The number of carbonyl (C=O) groups is 2. The second-order valence-corrected chi connectivity index (χ2v) is 8.88. The number of benzene rings is 1. The molecule has 2 N–H and O–H groups in total. The Bertz CT molecular complexity index is 1020. The van der Waals surface area contributed by atoms with Gasteiger partial charge in [-0.2, -0.15) is 0 Å². The van der Waals surface area contributed by atoms with E-state index in [1.807, 2.05) is 42.1 Å². The van der Waals surface area contributed by atoms with Crippen LogP contribution in [0.2, 0.25) is 0 Å². The van der Waals surface area contributed by atoms with Gasteiger partial charge in [-0.05, 0) is 52.7 Å². The Kier molecular flexibility index (Phi) is 6.71. The van der Waals surface area contributed by atoms with Gasteiger partial charge in [0.25, 0.3) is 5.91 Å². The van der Waals surface area contributed by atoms with Crippen molar-refractivity contribution in [2.45, 2.75) is 19.0 Å². The topological polar surface area (TPSA) is 85.2 Å². The largest absolute Gasteiger partial charge is 0.497 e. The van der Waals surface area contributed by atoms with Crippen LogP contribution in [0.15, 0.2) is 52.6 Å². The van der Waals surface area contributed by atoms with Gasteiger partial charge in [0.15, 0.2) is 0 Å². The first kappa shape index (κ1) is 21.1. The molecule has 0 saturated heterocycles. The van der Waals surface area contributed by atoms with E-state index in [1.165, 1.54) is 11.3 Å². The molecule has 0 aliphatic carbocycles. The Balaban J connectivity index is 1.79. The Morgan fingerprint density at radius 2 is 2.03 bits per heavy atom. The molecule has 2 aromatic heterocycles. The number of aryl methyl sites for hydroxylation is 1. The summed E-state index contributed by atoms with van der Waals surface area (Å²) >= 11 is 4.64. The Hall–Kier alpha value is -2.65. The van der Waals surface area contributed by atoms with E-state index >= 15 is 0 Å². The van der Waals surface area contributed by atoms with Crippen molar-refractivity contribution in [3.63, 3.8) is 0 Å². The monoisotopic (exact) mass is 476 g/mol. The van der Waals surface area contributed by atoms with Crippen LogP contribution in [0.5, 0.6) is 5.75 Å². The summed E-state index contributed by atoms with van der Waals surface area (Å²) in [6.45, 7) is 1.65. The van der Waals surface area contributed by atoms with Crippen molar-refractivity contribution in [1.29, 1.82) is 0 Å². The van der Waals surface area contributed by atoms with Gasteiger partial charge in [0.1, 0.15) is 23.7 Å². The summed E-state index contributed by atoms with van der Waals surface area (Å²) in [4.78, 5) is 30.1. The molecule has 3 rings (SSSR count). The van der Waals surface area contributed by atoms with Crippen molar-refractivity contribution >= 4 is 39.1 Å². The third kappa shape index (κ3) is 5.04. The van der Waals surface area contributed by atoms with Crippen molar-refractivity contribution in [2.24, 2.45) is 7.05 Å². The summed E-state index contributed by atoms with van der Waals surface area (Å²) < 4.78 is 8.01. The van der Waals surface area contributed by atoms with Crippen LogP contribution in [0.1, 0.15) is 34.0 Å². The van der Waals surface area contributed by atoms with Gasteiger partial charge in [-0.3, -0.25) is 9.59 Å². The van der Waals surface area contributed by atoms with Crippen LogP contribution < -0.4 is 15.4 Å². The first-order valence-corrected chi connectivity index (χ1v) is 10.5. The third-order valence-corrected chi connectivity index (χ3v) is 5.99. The van der Waals surface area contributed by atoms with Gasteiger partial charge in [-0.25, -0.2) is 4.98 Å². The minimum atomic E-state index is -0.725. The zero-order valence-corrected chi connectivity index (χ0v) is 18.6. The van der Waals surface area contributed by atoms with Crippen LogP contribution in [0.25, 0.3) is 0 Å². The molecule has 3 aromatic rings. The second-order valence-electron chi connectivity index (χ2n) is 6.41. The number of methoxy groups -OCH3 is 1. The number of nitrogens with zero attached hydrogens (tertiary/aromatic N) is 2. The van der Waals surface area contributed by atoms with E-state index in [4.69, 9.17) is 4.74 Å². The van der Waals surface area contributed by atoms with Crippen molar-refractivity contribution in [3.8, 4) is 5.75 Å². The average molecular weight is 477 g/mol. The van der Waals surface area contributed by atoms with Crippen LogP contribution in [-0.4, -0.2) is 34.5 Å². The Morgan fingerprint density at radius 1 is 1.24 bits per heavy atom. The SMILES string of the molecule is COc1cccc(C(NC(=O)C(C)NC(=O)c2ccc(Br)s2)c2nccn2C)c1. The maximum absolute atomic E-state index is 12.9. The van der Waals surface area contributed by atoms with Crippen LogP contribution in [0, 0.1) is 0 Å². The van der Waals surface area contributed by atoms with Gasteiger partial charge in [0.2, 0.25) is 5.91 Å². The molecular formula is C20H21BrN4O3S. The number of hydrogen-bond acceptors (Lipinski definition) is 5. The van der Waals surface area contributed by atoms with Gasteiger partial charge in [0.05, 0.1) is 15.8 Å². The lowest BCUT2D eigenvalue weighted by Crippen LogP contribution is -2.46. The maximum Gasteiger partial charge on any atom is 0.262 e. The van der Waals surface area contributed by atoms with Gasteiger partial charge < -0.3 is 19.9 Å². The zero-order chi connectivity index (χ0) is 21.0. The molecule has 0 radical (unpaired) electrons. The fourth-order valence-corrected chi connectivity index (χ4v) is 4.10. The van der Waals surface area contributed by atoms with Crippen molar-refractivity contribution in [2.75, 3.05) is 7.11 Å². The molecule has 152 valence electrons. The van der Waals surface area contributed by atoms with E-state index in [0.717, 1.165) is 9.35 Å². The smallest absolute Gasteiger partial charge is 0.262 e. The zero-order valence-electron chi connectivity index (χ0n) is 16.2. The third-order valence-electron chi connectivity index (χ3n) is 4.37. The van der Waals surface area contributed by atoms with E-state index in [2.05, 4.69) is 31.5 Å². The molecule has 0 spiro atoms. The van der Waals surface area contributed by atoms with Crippen molar-refractivity contribution in [1.82, 2.24) is 20.2 Å². The molecule has 9 heteroatoms. The average Bonchev–Trinajstić information content (AvgIpc) is 3.34. The number of hydrogen-bond donors (Lipinski definition) is 2. The van der Waals surface area contributed by atoms with E-state index in [0.29, 0.717) is 16.5 Å². The van der Waals surface area contributed by atoms with Crippen LogP contribution in [0.3, 0.4) is 0 Å². The minimum absolute atomic E-state index is 0.293. The molecule has 0 saturated carbocycles. The van der Waals surface area contributed by atoms with Crippen molar-refractivity contribution < 1.29 is 14.3 Å². The molecule has 0 bridgehead atoms. The number of amides is 2. The molecular weight excluding hydrogens is 456 g/mol. The van der Waals surface area contributed by atoms with Gasteiger partial charge in [-0.1, -0.05) is 12.1 Å². The molecule has 2 heterocycles. The molecule has 29 heavy (non-hydrogen) atoms. The Labute approximate surface area is 181 Å². The van der Waals surface area contributed by atoms with Gasteiger partial charge in [-0.15, -0.1) is 11.3 Å². The molecule has 2 atom stereocenters. The highest BCUT2D eigenvalue weighted by atomic mass is 79.9. The second kappa shape index (κ2) is 9.23. The minimum Gasteiger partial charge on any atom is -0.497 e. The van der Waals surface area contributed by atoms with E-state index in [-0.39, 0.29) is 11.8 Å². The summed E-state index contributed by atoms with van der Waals surface area (Å²) in [7, 11) is 3.45. The lowest BCUT2D eigenvalue weighted by molar-refractivity contribution is -0.123. The fraction of sp³-hybridized carbons (Fsp3) is 0.250. The molecule has 1 aromatic carbocycles. The highest BCUT2D eigenvalue weighted by molar-refractivity contribution is 9.11. The Morgan fingerprint density at radius 3 is 2.66 bits per heavy atom. The number of nitrogens with one attached hydrogen (secondary N) is 2. The normalized spacial score (nSPS) is 12.8. The predicted octanol–water partition coefficient (Wildman–Crippen LogP) is 3.28. The number of aromatic nitrogens is 2. The first-order valence-electron chi connectivity index (χ1n) is 8.86. The molecule has 7 nitrogen and oxygen atoms in total. The highest BCUT2D eigenvalue weighted by Gasteiger charge is 2.25. The molecule has 2 amide bonds. The van der Waals surface area contributed by atoms with Crippen LogP contribution >= 0.6 is 27.3 Å². The number of halogens is 1. The predicted molar refractivity (Wildman–Crippen MR) is 115 cm³/mol. The number of rotatable bonds is 7. The molecule has 0 fully saturated rings. The lowest BCUT2D eigenvalue weighted by Gasteiger charge is -2.22. The van der Waals surface area contributed by atoms with Crippen LogP contribution in [-0.2, 0) is 11.8 Å². The first-order chi connectivity index (χ1) is 13.9. The standard InChI is InChI=1S/C20H21BrN4O3S/c1-12(23-20(27)15-7-8-16(21)29-15)19(26)24-17(18-22-9-10-25(18)2)13-5-4-6-14(11-13)28-3/h4-12,17H,1-3H3,(H,23,27)(H,24,26). The summed E-state index contributed by atoms with van der Waals surface area (Å²) in [5.74, 6) is 0.746. The lowest BCUT2D eigenvalue weighted by atomic mass is 10.0. The number of carbonyl (C=O) groups excluding carboxylic acids is 2.